The molecule has 0 spiro atoms. The van der Waals surface area contributed by atoms with Gasteiger partial charge in [0, 0.05) is 19.2 Å². The standard InChI is InChI=1S/C29H45F2NO3/c1-2-3-4-5-6-7-8-9-10-11-12-13-14-15-22-35-29(34)24-18-20-32(21-19-24)28(33)26-17-16-25(30)23-27(26)31/h16-17,23-24H,2-15,18-22H2,1H3. The first kappa shape index (κ1) is 29.3. The van der Waals surface area contributed by atoms with Gasteiger partial charge in [0.15, 0.2) is 0 Å². The van der Waals surface area contributed by atoms with E-state index in [1.54, 1.807) is 0 Å². The Morgan fingerprint density at radius 2 is 1.34 bits per heavy atom. The van der Waals surface area contributed by atoms with Crippen molar-refractivity contribution in [3.8, 4) is 0 Å². The molecule has 1 saturated heterocycles. The van der Waals surface area contributed by atoms with Crippen LogP contribution in [0.3, 0.4) is 0 Å². The second-order valence-electron chi connectivity index (χ2n) is 9.95. The lowest BCUT2D eigenvalue weighted by atomic mass is 9.96. The molecular formula is C29H45F2NO3. The molecule has 1 aliphatic rings. The second kappa shape index (κ2) is 17.4. The van der Waals surface area contributed by atoms with E-state index in [-0.39, 0.29) is 17.5 Å². The van der Waals surface area contributed by atoms with Gasteiger partial charge in [-0.05, 0) is 31.4 Å². The minimum absolute atomic E-state index is 0.134. The maximum atomic E-state index is 13.9. The fourth-order valence-electron chi connectivity index (χ4n) is 4.74. The molecule has 1 aliphatic heterocycles. The maximum absolute atomic E-state index is 13.9. The predicted molar refractivity (Wildman–Crippen MR) is 136 cm³/mol. The van der Waals surface area contributed by atoms with Crippen molar-refractivity contribution in [1.29, 1.82) is 0 Å². The molecule has 1 heterocycles. The van der Waals surface area contributed by atoms with Crippen molar-refractivity contribution < 1.29 is 23.1 Å². The molecule has 0 atom stereocenters. The number of likely N-dealkylation sites (tertiary alicyclic amines) is 1. The lowest BCUT2D eigenvalue weighted by Gasteiger charge is -2.31. The lowest BCUT2D eigenvalue weighted by molar-refractivity contribution is -0.150. The van der Waals surface area contributed by atoms with Gasteiger partial charge in [-0.2, -0.15) is 0 Å². The zero-order chi connectivity index (χ0) is 25.3. The minimum atomic E-state index is -0.857. The molecule has 0 radical (unpaired) electrons. The number of unbranched alkanes of at least 4 members (excludes halogenated alkanes) is 13. The summed E-state index contributed by atoms with van der Waals surface area (Å²) in [5, 5.41) is 0. The highest BCUT2D eigenvalue weighted by Crippen LogP contribution is 2.22. The summed E-state index contributed by atoms with van der Waals surface area (Å²) >= 11 is 0. The third kappa shape index (κ3) is 11.5. The van der Waals surface area contributed by atoms with E-state index < -0.39 is 17.5 Å². The average molecular weight is 494 g/mol. The van der Waals surface area contributed by atoms with Crippen molar-refractivity contribution in [2.45, 2.75) is 110 Å². The van der Waals surface area contributed by atoms with Gasteiger partial charge in [0.05, 0.1) is 18.1 Å². The highest BCUT2D eigenvalue weighted by atomic mass is 19.1. The molecule has 0 N–H and O–H groups in total. The maximum Gasteiger partial charge on any atom is 0.309 e. The van der Waals surface area contributed by atoms with Crippen LogP contribution < -0.4 is 0 Å². The zero-order valence-corrected chi connectivity index (χ0v) is 21.7. The zero-order valence-electron chi connectivity index (χ0n) is 21.7. The van der Waals surface area contributed by atoms with Crippen LogP contribution in [0.2, 0.25) is 0 Å². The quantitative estimate of drug-likeness (QED) is 0.164. The number of rotatable bonds is 17. The molecule has 0 bridgehead atoms. The van der Waals surface area contributed by atoms with Gasteiger partial charge in [-0.15, -0.1) is 0 Å². The van der Waals surface area contributed by atoms with Crippen molar-refractivity contribution in [2.75, 3.05) is 19.7 Å². The molecule has 4 nitrogen and oxygen atoms in total. The van der Waals surface area contributed by atoms with E-state index >= 15 is 0 Å². The van der Waals surface area contributed by atoms with Gasteiger partial charge in [0.25, 0.3) is 5.91 Å². The summed E-state index contributed by atoms with van der Waals surface area (Å²) in [6, 6.07) is 2.97. The van der Waals surface area contributed by atoms with E-state index in [1.165, 1.54) is 88.0 Å². The topological polar surface area (TPSA) is 46.6 Å². The number of hydrogen-bond donors (Lipinski definition) is 0. The first-order valence-corrected chi connectivity index (χ1v) is 13.9. The summed E-state index contributed by atoms with van der Waals surface area (Å²) in [5.41, 5.74) is -0.134. The molecule has 1 amide bonds. The number of carbonyl (C=O) groups is 2. The van der Waals surface area contributed by atoms with Crippen LogP contribution in [0.25, 0.3) is 0 Å². The van der Waals surface area contributed by atoms with E-state index in [9.17, 15) is 18.4 Å². The van der Waals surface area contributed by atoms with Crippen LogP contribution >= 0.6 is 0 Å². The van der Waals surface area contributed by atoms with Crippen LogP contribution in [0.5, 0.6) is 0 Å². The summed E-state index contributed by atoms with van der Waals surface area (Å²) in [6.45, 7) is 3.45. The smallest absolute Gasteiger partial charge is 0.309 e. The second-order valence-corrected chi connectivity index (χ2v) is 9.95. The van der Waals surface area contributed by atoms with Crippen LogP contribution in [0.15, 0.2) is 18.2 Å². The van der Waals surface area contributed by atoms with Crippen LogP contribution in [0, 0.1) is 17.6 Å². The molecule has 0 unspecified atom stereocenters. The normalized spacial score (nSPS) is 14.3. The predicted octanol–water partition coefficient (Wildman–Crippen LogP) is 7.84. The molecule has 6 heteroatoms. The Morgan fingerprint density at radius 3 is 1.86 bits per heavy atom. The summed E-state index contributed by atoms with van der Waals surface area (Å²) in [5.74, 6) is -2.44. The fourth-order valence-corrected chi connectivity index (χ4v) is 4.74. The molecule has 35 heavy (non-hydrogen) atoms. The van der Waals surface area contributed by atoms with Crippen molar-refractivity contribution in [3.05, 3.63) is 35.4 Å². The van der Waals surface area contributed by atoms with Gasteiger partial charge in [-0.3, -0.25) is 9.59 Å². The molecule has 2 rings (SSSR count). The summed E-state index contributed by atoms with van der Waals surface area (Å²) in [7, 11) is 0. The molecule has 0 saturated carbocycles. The van der Waals surface area contributed by atoms with E-state index in [4.69, 9.17) is 4.74 Å². The third-order valence-electron chi connectivity index (χ3n) is 7.02. The lowest BCUT2D eigenvalue weighted by Crippen LogP contribution is -2.41. The molecule has 0 aromatic heterocycles. The Bertz CT molecular complexity index is 747. The SMILES string of the molecule is CCCCCCCCCCCCCCCCOC(=O)C1CCN(C(=O)c2ccc(F)cc2F)CC1. The van der Waals surface area contributed by atoms with Crippen molar-refractivity contribution in [2.24, 2.45) is 5.92 Å². The average Bonchev–Trinajstić information content (AvgIpc) is 2.86. The molecular weight excluding hydrogens is 448 g/mol. The number of nitrogens with zero attached hydrogens (tertiary/aromatic N) is 1. The van der Waals surface area contributed by atoms with Crippen LogP contribution in [0.1, 0.15) is 120 Å². The number of amides is 1. The van der Waals surface area contributed by atoms with Gasteiger partial charge in [0.2, 0.25) is 0 Å². The summed E-state index contributed by atoms with van der Waals surface area (Å²) in [4.78, 5) is 26.3. The van der Waals surface area contributed by atoms with E-state index in [1.807, 2.05) is 0 Å². The Balaban J connectivity index is 1.45. The Hall–Kier alpha value is -1.98. The highest BCUT2D eigenvalue weighted by Gasteiger charge is 2.29. The van der Waals surface area contributed by atoms with Crippen LogP contribution in [-0.2, 0) is 9.53 Å². The van der Waals surface area contributed by atoms with Gasteiger partial charge in [0.1, 0.15) is 11.6 Å². The molecule has 198 valence electrons. The third-order valence-corrected chi connectivity index (χ3v) is 7.02. The summed E-state index contributed by atoms with van der Waals surface area (Å²) < 4.78 is 32.4. The number of hydrogen-bond acceptors (Lipinski definition) is 3. The van der Waals surface area contributed by atoms with Gasteiger partial charge >= 0.3 is 5.97 Å². The molecule has 1 fully saturated rings. The van der Waals surface area contributed by atoms with E-state index in [0.29, 0.717) is 38.6 Å². The molecule has 1 aromatic carbocycles. The van der Waals surface area contributed by atoms with Gasteiger partial charge < -0.3 is 9.64 Å². The number of esters is 1. The monoisotopic (exact) mass is 493 g/mol. The van der Waals surface area contributed by atoms with E-state index in [0.717, 1.165) is 18.9 Å². The van der Waals surface area contributed by atoms with Crippen molar-refractivity contribution >= 4 is 11.9 Å². The first-order valence-electron chi connectivity index (χ1n) is 13.9. The number of carbonyl (C=O) groups excluding carboxylic acids is 2. The minimum Gasteiger partial charge on any atom is -0.465 e. The first-order chi connectivity index (χ1) is 17.0. The number of piperidine rings is 1. The van der Waals surface area contributed by atoms with Gasteiger partial charge in [-0.25, -0.2) is 8.78 Å². The number of benzene rings is 1. The Kier molecular flexibility index (Phi) is 14.6. The van der Waals surface area contributed by atoms with Crippen molar-refractivity contribution in [3.63, 3.8) is 0 Å². The van der Waals surface area contributed by atoms with Crippen molar-refractivity contribution in [1.82, 2.24) is 4.90 Å². The summed E-state index contributed by atoms with van der Waals surface area (Å²) in [6.07, 6.45) is 19.1. The Morgan fingerprint density at radius 1 is 0.829 bits per heavy atom. The largest absolute Gasteiger partial charge is 0.465 e. The van der Waals surface area contributed by atoms with Crippen LogP contribution in [0.4, 0.5) is 8.78 Å². The molecule has 1 aromatic rings. The van der Waals surface area contributed by atoms with E-state index in [2.05, 4.69) is 6.92 Å². The fraction of sp³-hybridized carbons (Fsp3) is 0.724. The highest BCUT2D eigenvalue weighted by molar-refractivity contribution is 5.94. The Labute approximate surface area is 210 Å². The number of halogens is 2. The number of ether oxygens (including phenoxy) is 1. The van der Waals surface area contributed by atoms with Crippen LogP contribution in [-0.4, -0.2) is 36.5 Å². The molecule has 0 aliphatic carbocycles. The van der Waals surface area contributed by atoms with Gasteiger partial charge in [-0.1, -0.05) is 90.4 Å².